The number of unbranched alkanes of at least 4 members (excludes halogenated alkanes) is 1. The van der Waals surface area contributed by atoms with Gasteiger partial charge in [0.2, 0.25) is 0 Å². The van der Waals surface area contributed by atoms with Crippen LogP contribution < -0.4 is 5.32 Å². The van der Waals surface area contributed by atoms with E-state index >= 15 is 0 Å². The first kappa shape index (κ1) is 17.3. The van der Waals surface area contributed by atoms with Crippen LogP contribution in [0.2, 0.25) is 0 Å². The summed E-state index contributed by atoms with van der Waals surface area (Å²) in [6.07, 6.45) is 4.98. The molecule has 1 aromatic rings. The van der Waals surface area contributed by atoms with Crippen LogP contribution in [0.3, 0.4) is 0 Å². The van der Waals surface area contributed by atoms with Gasteiger partial charge in [-0.1, -0.05) is 13.3 Å². The molecule has 0 saturated carbocycles. The highest BCUT2D eigenvalue weighted by atomic mass is 127. The number of nitrogens with one attached hydrogen (secondary N) is 1. The SMILES string of the molecule is CCCCN(C)C(=NC)NCCc1ccco1.I. The van der Waals surface area contributed by atoms with Gasteiger partial charge < -0.3 is 14.6 Å². The molecule has 1 aromatic heterocycles. The summed E-state index contributed by atoms with van der Waals surface area (Å²) >= 11 is 0. The van der Waals surface area contributed by atoms with Crippen molar-refractivity contribution >= 4 is 29.9 Å². The molecule has 0 aromatic carbocycles. The molecule has 0 aliphatic carbocycles. The monoisotopic (exact) mass is 365 g/mol. The molecule has 104 valence electrons. The van der Waals surface area contributed by atoms with Crippen molar-refractivity contribution in [1.82, 2.24) is 10.2 Å². The molecule has 0 bridgehead atoms. The van der Waals surface area contributed by atoms with Gasteiger partial charge in [-0.15, -0.1) is 24.0 Å². The van der Waals surface area contributed by atoms with E-state index in [2.05, 4.69) is 29.2 Å². The highest BCUT2D eigenvalue weighted by Gasteiger charge is 2.04. The second kappa shape index (κ2) is 10.2. The molecule has 1 rings (SSSR count). The average Bonchev–Trinajstić information content (AvgIpc) is 2.84. The minimum absolute atomic E-state index is 0. The first-order valence-corrected chi connectivity index (χ1v) is 6.22. The molecule has 0 atom stereocenters. The highest BCUT2D eigenvalue weighted by molar-refractivity contribution is 14.0. The van der Waals surface area contributed by atoms with Crippen molar-refractivity contribution in [2.75, 3.05) is 27.2 Å². The fraction of sp³-hybridized carbons (Fsp3) is 0.615. The van der Waals surface area contributed by atoms with E-state index < -0.39 is 0 Å². The first-order chi connectivity index (χ1) is 8.27. The van der Waals surface area contributed by atoms with Crippen LogP contribution in [-0.4, -0.2) is 38.0 Å². The van der Waals surface area contributed by atoms with Crippen LogP contribution in [0, 0.1) is 0 Å². The van der Waals surface area contributed by atoms with E-state index in [0.717, 1.165) is 31.2 Å². The highest BCUT2D eigenvalue weighted by Crippen LogP contribution is 2.00. The van der Waals surface area contributed by atoms with Gasteiger partial charge in [-0.3, -0.25) is 4.99 Å². The van der Waals surface area contributed by atoms with E-state index in [1.807, 2.05) is 19.2 Å². The number of hydrogen-bond donors (Lipinski definition) is 1. The summed E-state index contributed by atoms with van der Waals surface area (Å²) in [6, 6.07) is 3.91. The Kier molecular flexibility index (Phi) is 9.82. The second-order valence-corrected chi connectivity index (χ2v) is 4.08. The minimum atomic E-state index is 0. The zero-order chi connectivity index (χ0) is 12.5. The maximum atomic E-state index is 5.28. The van der Waals surface area contributed by atoms with Gasteiger partial charge in [0.25, 0.3) is 0 Å². The minimum Gasteiger partial charge on any atom is -0.469 e. The molecule has 4 nitrogen and oxygen atoms in total. The van der Waals surface area contributed by atoms with Crippen molar-refractivity contribution < 1.29 is 4.42 Å². The third-order valence-corrected chi connectivity index (χ3v) is 2.66. The molecule has 0 amide bonds. The smallest absolute Gasteiger partial charge is 0.193 e. The normalized spacial score (nSPS) is 10.9. The molecule has 5 heteroatoms. The summed E-state index contributed by atoms with van der Waals surface area (Å²) in [5.41, 5.74) is 0. The van der Waals surface area contributed by atoms with Gasteiger partial charge in [-0.05, 0) is 18.6 Å². The van der Waals surface area contributed by atoms with E-state index in [1.165, 1.54) is 12.8 Å². The number of nitrogens with zero attached hydrogens (tertiary/aromatic N) is 2. The van der Waals surface area contributed by atoms with Gasteiger partial charge >= 0.3 is 0 Å². The van der Waals surface area contributed by atoms with Gasteiger partial charge in [-0.2, -0.15) is 0 Å². The number of aliphatic imine (C=N–C) groups is 1. The quantitative estimate of drug-likeness (QED) is 0.479. The lowest BCUT2D eigenvalue weighted by atomic mass is 10.3. The summed E-state index contributed by atoms with van der Waals surface area (Å²) in [5.74, 6) is 1.95. The lowest BCUT2D eigenvalue weighted by molar-refractivity contribution is 0.460. The van der Waals surface area contributed by atoms with Crippen molar-refractivity contribution in [1.29, 1.82) is 0 Å². The Balaban J connectivity index is 0.00000289. The Morgan fingerprint density at radius 2 is 2.28 bits per heavy atom. The Labute approximate surface area is 127 Å². The van der Waals surface area contributed by atoms with Crippen LogP contribution >= 0.6 is 24.0 Å². The topological polar surface area (TPSA) is 40.8 Å². The largest absolute Gasteiger partial charge is 0.469 e. The van der Waals surface area contributed by atoms with Crippen molar-refractivity contribution in [3.8, 4) is 0 Å². The Hall–Kier alpha value is -0.720. The number of guanidine groups is 1. The number of hydrogen-bond acceptors (Lipinski definition) is 2. The van der Waals surface area contributed by atoms with E-state index in [-0.39, 0.29) is 24.0 Å². The van der Waals surface area contributed by atoms with Gasteiger partial charge in [0.1, 0.15) is 5.76 Å². The summed E-state index contributed by atoms with van der Waals surface area (Å²) in [6.45, 7) is 4.08. The predicted molar refractivity (Wildman–Crippen MR) is 86.7 cm³/mol. The molecule has 18 heavy (non-hydrogen) atoms. The molecule has 0 aliphatic rings. The van der Waals surface area contributed by atoms with Gasteiger partial charge in [0, 0.05) is 33.6 Å². The molecule has 0 aliphatic heterocycles. The van der Waals surface area contributed by atoms with Crippen LogP contribution in [0.15, 0.2) is 27.8 Å². The molecule has 0 unspecified atom stereocenters. The molecular formula is C13H24IN3O. The number of halogens is 1. The van der Waals surface area contributed by atoms with Gasteiger partial charge in [0.15, 0.2) is 5.96 Å². The lowest BCUT2D eigenvalue weighted by Gasteiger charge is -2.21. The van der Waals surface area contributed by atoms with Crippen molar-refractivity contribution in [2.45, 2.75) is 26.2 Å². The maximum Gasteiger partial charge on any atom is 0.193 e. The van der Waals surface area contributed by atoms with Gasteiger partial charge in [-0.25, -0.2) is 0 Å². The fourth-order valence-corrected chi connectivity index (χ4v) is 1.64. The standard InChI is InChI=1S/C13H23N3O.HI/c1-4-5-10-16(3)13(14-2)15-9-8-12-7-6-11-17-12;/h6-7,11H,4-5,8-10H2,1-3H3,(H,14,15);1H. The lowest BCUT2D eigenvalue weighted by Crippen LogP contribution is -2.40. The average molecular weight is 365 g/mol. The number of furan rings is 1. The summed E-state index contributed by atoms with van der Waals surface area (Å²) < 4.78 is 5.28. The second-order valence-electron chi connectivity index (χ2n) is 4.08. The van der Waals surface area contributed by atoms with E-state index in [1.54, 1.807) is 6.26 Å². The van der Waals surface area contributed by atoms with E-state index in [4.69, 9.17) is 4.42 Å². The molecule has 0 radical (unpaired) electrons. The molecule has 1 heterocycles. The predicted octanol–water partition coefficient (Wildman–Crippen LogP) is 2.75. The van der Waals surface area contributed by atoms with E-state index in [0.29, 0.717) is 0 Å². The van der Waals surface area contributed by atoms with Crippen molar-refractivity contribution in [2.24, 2.45) is 4.99 Å². The molecule has 0 fully saturated rings. The van der Waals surface area contributed by atoms with Crippen LogP contribution in [0.1, 0.15) is 25.5 Å². The third kappa shape index (κ3) is 6.28. The number of rotatable bonds is 6. The molecule has 1 N–H and O–H groups in total. The van der Waals surface area contributed by atoms with Crippen LogP contribution in [0.25, 0.3) is 0 Å². The van der Waals surface area contributed by atoms with Gasteiger partial charge in [0.05, 0.1) is 6.26 Å². The first-order valence-electron chi connectivity index (χ1n) is 6.22. The van der Waals surface area contributed by atoms with Crippen molar-refractivity contribution in [3.05, 3.63) is 24.2 Å². The Morgan fingerprint density at radius 1 is 1.50 bits per heavy atom. The zero-order valence-electron chi connectivity index (χ0n) is 11.5. The Morgan fingerprint density at radius 3 is 2.83 bits per heavy atom. The third-order valence-electron chi connectivity index (χ3n) is 2.66. The summed E-state index contributed by atoms with van der Waals surface area (Å²) in [4.78, 5) is 6.42. The van der Waals surface area contributed by atoms with E-state index in [9.17, 15) is 0 Å². The van der Waals surface area contributed by atoms with Crippen LogP contribution in [0.5, 0.6) is 0 Å². The van der Waals surface area contributed by atoms with Crippen LogP contribution in [-0.2, 0) is 6.42 Å². The molecule has 0 spiro atoms. The zero-order valence-corrected chi connectivity index (χ0v) is 13.8. The Bertz CT molecular complexity index is 325. The van der Waals surface area contributed by atoms with Crippen molar-refractivity contribution in [3.63, 3.8) is 0 Å². The molecule has 0 saturated heterocycles. The van der Waals surface area contributed by atoms with Crippen LogP contribution in [0.4, 0.5) is 0 Å². The summed E-state index contributed by atoms with van der Waals surface area (Å²) in [5, 5.41) is 3.33. The molecular weight excluding hydrogens is 341 g/mol. The summed E-state index contributed by atoms with van der Waals surface area (Å²) in [7, 11) is 3.88. The fourth-order valence-electron chi connectivity index (χ4n) is 1.64. The maximum absolute atomic E-state index is 5.28.